The van der Waals surface area contributed by atoms with Crippen LogP contribution < -0.4 is 5.32 Å². The van der Waals surface area contributed by atoms with Gasteiger partial charge in [0.1, 0.15) is 0 Å². The number of likely N-dealkylation sites (tertiary alicyclic amines) is 1. The van der Waals surface area contributed by atoms with E-state index in [1.165, 1.54) is 0 Å². The number of carbonyl (C=O) groups excluding carboxylic acids is 1. The molecule has 2 N–H and O–H groups in total. The number of β-amino-alcohol motifs (C(OH)–C–C–N with tert-alkyl or cyclic N) is 1. The third-order valence-electron chi connectivity index (χ3n) is 4.76. The van der Waals surface area contributed by atoms with Crippen molar-refractivity contribution in [2.75, 3.05) is 26.2 Å². The van der Waals surface area contributed by atoms with Gasteiger partial charge in [0, 0.05) is 19.4 Å². The van der Waals surface area contributed by atoms with Crippen molar-refractivity contribution in [1.29, 1.82) is 0 Å². The Morgan fingerprint density at radius 2 is 2.24 bits per heavy atom. The number of hydrogen-bond acceptors (Lipinski definition) is 3. The highest BCUT2D eigenvalue weighted by atomic mass is 19.4. The van der Waals surface area contributed by atoms with Crippen molar-refractivity contribution >= 4 is 5.91 Å². The van der Waals surface area contributed by atoms with Crippen LogP contribution in [-0.4, -0.2) is 53.9 Å². The van der Waals surface area contributed by atoms with Crippen LogP contribution in [0.2, 0.25) is 0 Å². The first-order valence-corrected chi connectivity index (χ1v) is 7.50. The van der Waals surface area contributed by atoms with Gasteiger partial charge >= 0.3 is 6.18 Å². The van der Waals surface area contributed by atoms with E-state index in [2.05, 4.69) is 5.32 Å². The highest BCUT2D eigenvalue weighted by Crippen LogP contribution is 2.38. The summed E-state index contributed by atoms with van der Waals surface area (Å²) in [6, 6.07) is 0. The van der Waals surface area contributed by atoms with Gasteiger partial charge < -0.3 is 15.3 Å². The summed E-state index contributed by atoms with van der Waals surface area (Å²) in [6.07, 6.45) is -2.74. The van der Waals surface area contributed by atoms with Crippen LogP contribution in [0.15, 0.2) is 0 Å². The molecular weight excluding hydrogens is 285 g/mol. The van der Waals surface area contributed by atoms with Gasteiger partial charge in [0.15, 0.2) is 5.60 Å². The molecule has 0 saturated carbocycles. The van der Waals surface area contributed by atoms with Crippen LogP contribution in [0, 0.1) is 11.8 Å². The molecule has 2 aliphatic rings. The molecule has 2 saturated heterocycles. The van der Waals surface area contributed by atoms with E-state index in [9.17, 15) is 23.1 Å². The molecule has 3 unspecified atom stereocenters. The Hall–Kier alpha value is -0.820. The zero-order chi connectivity index (χ0) is 15.7. The predicted octanol–water partition coefficient (Wildman–Crippen LogP) is 1.54. The Morgan fingerprint density at radius 3 is 2.76 bits per heavy atom. The fourth-order valence-electron chi connectivity index (χ4n) is 3.17. The van der Waals surface area contributed by atoms with Crippen molar-refractivity contribution in [3.05, 3.63) is 0 Å². The molecule has 0 aromatic heterocycles. The van der Waals surface area contributed by atoms with Gasteiger partial charge in [-0.25, -0.2) is 0 Å². The van der Waals surface area contributed by atoms with Gasteiger partial charge in [0.2, 0.25) is 5.91 Å². The normalized spacial score (nSPS) is 32.2. The molecule has 21 heavy (non-hydrogen) atoms. The van der Waals surface area contributed by atoms with Crippen molar-refractivity contribution < 1.29 is 23.1 Å². The first-order valence-electron chi connectivity index (χ1n) is 7.50. The van der Waals surface area contributed by atoms with Crippen molar-refractivity contribution in [2.45, 2.75) is 44.4 Å². The highest BCUT2D eigenvalue weighted by Gasteiger charge is 2.57. The van der Waals surface area contributed by atoms with Crippen molar-refractivity contribution in [2.24, 2.45) is 11.8 Å². The quantitative estimate of drug-likeness (QED) is 0.831. The summed E-state index contributed by atoms with van der Waals surface area (Å²) in [5, 5.41) is 12.9. The molecule has 0 bridgehead atoms. The Labute approximate surface area is 122 Å². The van der Waals surface area contributed by atoms with Crippen molar-refractivity contribution in [1.82, 2.24) is 10.2 Å². The fraction of sp³-hybridized carbons (Fsp3) is 0.929. The topological polar surface area (TPSA) is 52.6 Å². The number of halogens is 3. The summed E-state index contributed by atoms with van der Waals surface area (Å²) < 4.78 is 38.2. The predicted molar refractivity (Wildman–Crippen MR) is 71.6 cm³/mol. The SMILES string of the molecule is CC(CC(=O)N1CCC(O)(C(F)(F)F)C1)C1CCCNC1. The first-order chi connectivity index (χ1) is 9.73. The van der Waals surface area contributed by atoms with Gasteiger partial charge in [-0.15, -0.1) is 0 Å². The van der Waals surface area contributed by atoms with E-state index in [0.29, 0.717) is 5.92 Å². The molecule has 2 heterocycles. The van der Waals surface area contributed by atoms with E-state index in [0.717, 1.165) is 30.8 Å². The average Bonchev–Trinajstić information content (AvgIpc) is 2.83. The molecule has 2 rings (SSSR count). The van der Waals surface area contributed by atoms with Crippen LogP contribution in [0.3, 0.4) is 0 Å². The molecule has 2 fully saturated rings. The van der Waals surface area contributed by atoms with Gasteiger partial charge in [-0.05, 0) is 37.8 Å². The van der Waals surface area contributed by atoms with Crippen LogP contribution in [-0.2, 0) is 4.79 Å². The smallest absolute Gasteiger partial charge is 0.379 e. The maximum Gasteiger partial charge on any atom is 0.419 e. The minimum Gasteiger partial charge on any atom is -0.379 e. The third kappa shape index (κ3) is 3.69. The molecule has 1 amide bonds. The van der Waals surface area contributed by atoms with E-state index >= 15 is 0 Å². The molecule has 0 spiro atoms. The zero-order valence-corrected chi connectivity index (χ0v) is 12.2. The molecule has 3 atom stereocenters. The molecule has 0 aliphatic carbocycles. The molecule has 0 aromatic carbocycles. The van der Waals surface area contributed by atoms with Crippen LogP contribution in [0.25, 0.3) is 0 Å². The van der Waals surface area contributed by atoms with Crippen molar-refractivity contribution in [3.8, 4) is 0 Å². The van der Waals surface area contributed by atoms with Gasteiger partial charge in [0.25, 0.3) is 0 Å². The number of hydrogen-bond donors (Lipinski definition) is 2. The van der Waals surface area contributed by atoms with Gasteiger partial charge in [0.05, 0.1) is 6.54 Å². The molecule has 7 heteroatoms. The Bertz CT molecular complexity index is 383. The number of aliphatic hydroxyl groups is 1. The minimum atomic E-state index is -4.68. The summed E-state index contributed by atoms with van der Waals surface area (Å²) >= 11 is 0. The molecular formula is C14H23F3N2O2. The second-order valence-electron chi connectivity index (χ2n) is 6.38. The monoisotopic (exact) mass is 308 g/mol. The largest absolute Gasteiger partial charge is 0.419 e. The van der Waals surface area contributed by atoms with E-state index in [1.807, 2.05) is 6.92 Å². The second-order valence-corrected chi connectivity index (χ2v) is 6.38. The zero-order valence-electron chi connectivity index (χ0n) is 12.2. The lowest BCUT2D eigenvalue weighted by molar-refractivity contribution is -0.253. The van der Waals surface area contributed by atoms with Gasteiger partial charge in [-0.3, -0.25) is 4.79 Å². The van der Waals surface area contributed by atoms with E-state index in [-0.39, 0.29) is 24.8 Å². The van der Waals surface area contributed by atoms with Crippen LogP contribution in [0.5, 0.6) is 0 Å². The summed E-state index contributed by atoms with van der Waals surface area (Å²) in [4.78, 5) is 13.3. The second kappa shape index (κ2) is 6.12. The van der Waals surface area contributed by atoms with E-state index < -0.39 is 24.7 Å². The van der Waals surface area contributed by atoms with Gasteiger partial charge in [-0.2, -0.15) is 13.2 Å². The molecule has 4 nitrogen and oxygen atoms in total. The maximum atomic E-state index is 12.7. The fourth-order valence-corrected chi connectivity index (χ4v) is 3.17. The lowest BCUT2D eigenvalue weighted by atomic mass is 9.85. The standard InChI is InChI=1S/C14H23F3N2O2/c1-10(11-3-2-5-18-8-11)7-12(20)19-6-4-13(21,9-19)14(15,16)17/h10-11,18,21H,2-9H2,1H3. The molecule has 0 aromatic rings. The highest BCUT2D eigenvalue weighted by molar-refractivity contribution is 5.77. The van der Waals surface area contributed by atoms with Crippen molar-refractivity contribution in [3.63, 3.8) is 0 Å². The average molecular weight is 308 g/mol. The molecule has 2 aliphatic heterocycles. The number of nitrogens with zero attached hydrogens (tertiary/aromatic N) is 1. The lowest BCUT2D eigenvalue weighted by Gasteiger charge is -2.30. The Morgan fingerprint density at radius 1 is 1.52 bits per heavy atom. The number of rotatable bonds is 3. The molecule has 0 radical (unpaired) electrons. The number of alkyl halides is 3. The number of nitrogens with one attached hydrogen (secondary N) is 1. The Kier molecular flexibility index (Phi) is 4.82. The Balaban J connectivity index is 1.87. The molecule has 122 valence electrons. The first kappa shape index (κ1) is 16.5. The minimum absolute atomic E-state index is 0.0233. The number of piperidine rings is 1. The van der Waals surface area contributed by atoms with Crippen LogP contribution >= 0.6 is 0 Å². The van der Waals surface area contributed by atoms with E-state index in [4.69, 9.17) is 0 Å². The summed E-state index contributed by atoms with van der Waals surface area (Å²) in [7, 11) is 0. The number of amides is 1. The maximum absolute atomic E-state index is 12.7. The third-order valence-corrected chi connectivity index (χ3v) is 4.76. The van der Waals surface area contributed by atoms with E-state index in [1.54, 1.807) is 0 Å². The summed E-state index contributed by atoms with van der Waals surface area (Å²) in [6.45, 7) is 3.17. The van der Waals surface area contributed by atoms with Gasteiger partial charge in [-0.1, -0.05) is 6.92 Å². The summed E-state index contributed by atoms with van der Waals surface area (Å²) in [5.41, 5.74) is -2.74. The summed E-state index contributed by atoms with van der Waals surface area (Å²) in [5.74, 6) is 0.255. The lowest BCUT2D eigenvalue weighted by Crippen LogP contribution is -2.48. The number of carbonyl (C=O) groups is 1. The van der Waals surface area contributed by atoms with Crippen LogP contribution in [0.4, 0.5) is 13.2 Å². The van der Waals surface area contributed by atoms with Crippen LogP contribution in [0.1, 0.15) is 32.6 Å².